The summed E-state index contributed by atoms with van der Waals surface area (Å²) in [5.41, 5.74) is 0. The molecule has 0 aliphatic carbocycles. The van der Waals surface area contributed by atoms with Crippen molar-refractivity contribution in [2.75, 3.05) is 32.7 Å². The van der Waals surface area contributed by atoms with Crippen LogP contribution in [0.2, 0.25) is 0 Å². The number of hydrogen-bond donors (Lipinski definition) is 0. The third-order valence-corrected chi connectivity index (χ3v) is 5.64. The molecule has 102 valence electrons. The average Bonchev–Trinajstić information content (AvgIpc) is 2.30. The van der Waals surface area contributed by atoms with Gasteiger partial charge in [0.15, 0.2) is 0 Å². The molecule has 0 saturated carbocycles. The Labute approximate surface area is 106 Å². The van der Waals surface area contributed by atoms with Gasteiger partial charge in [-0.2, -0.15) is 4.31 Å². The minimum Gasteiger partial charge on any atom is -0.301 e. The maximum Gasteiger partial charge on any atom is 0.216 e. The van der Waals surface area contributed by atoms with Crippen LogP contribution in [0.1, 0.15) is 40.0 Å². The maximum atomic E-state index is 12.0. The van der Waals surface area contributed by atoms with Crippen molar-refractivity contribution in [1.82, 2.24) is 9.21 Å². The SMILES string of the molecule is CCCCCN1CCN(S(=O)(=O)C(C)C)CC1. The summed E-state index contributed by atoms with van der Waals surface area (Å²) in [6.07, 6.45) is 3.74. The van der Waals surface area contributed by atoms with Gasteiger partial charge in [-0.25, -0.2) is 8.42 Å². The lowest BCUT2D eigenvalue weighted by molar-refractivity contribution is 0.185. The molecular formula is C12H26N2O2S. The Morgan fingerprint density at radius 2 is 1.65 bits per heavy atom. The summed E-state index contributed by atoms with van der Waals surface area (Å²) in [7, 11) is -3.04. The van der Waals surface area contributed by atoms with E-state index in [1.807, 2.05) is 0 Å². The molecule has 17 heavy (non-hydrogen) atoms. The summed E-state index contributed by atoms with van der Waals surface area (Å²) in [5, 5.41) is -0.297. The van der Waals surface area contributed by atoms with Crippen LogP contribution in [-0.2, 0) is 10.0 Å². The van der Waals surface area contributed by atoms with E-state index in [2.05, 4.69) is 11.8 Å². The number of piperazine rings is 1. The summed E-state index contributed by atoms with van der Waals surface area (Å²) >= 11 is 0. The van der Waals surface area contributed by atoms with Crippen LogP contribution in [0.3, 0.4) is 0 Å². The molecule has 5 heteroatoms. The Bertz CT molecular complexity index is 306. The number of unbranched alkanes of at least 4 members (excludes halogenated alkanes) is 2. The van der Waals surface area contributed by atoms with Crippen LogP contribution in [-0.4, -0.2) is 55.6 Å². The van der Waals surface area contributed by atoms with Crippen molar-refractivity contribution in [2.45, 2.75) is 45.3 Å². The largest absolute Gasteiger partial charge is 0.301 e. The van der Waals surface area contributed by atoms with E-state index in [-0.39, 0.29) is 5.25 Å². The summed E-state index contributed by atoms with van der Waals surface area (Å²) in [4.78, 5) is 2.38. The summed E-state index contributed by atoms with van der Waals surface area (Å²) in [6.45, 7) is 9.91. The van der Waals surface area contributed by atoms with E-state index in [0.29, 0.717) is 13.1 Å². The molecule has 1 aliphatic heterocycles. The Hall–Kier alpha value is -0.130. The van der Waals surface area contributed by atoms with Crippen LogP contribution in [0.25, 0.3) is 0 Å². The smallest absolute Gasteiger partial charge is 0.216 e. The molecule has 4 nitrogen and oxygen atoms in total. The van der Waals surface area contributed by atoms with E-state index in [0.717, 1.165) is 19.6 Å². The fourth-order valence-electron chi connectivity index (χ4n) is 2.09. The van der Waals surface area contributed by atoms with Gasteiger partial charge in [-0.15, -0.1) is 0 Å². The van der Waals surface area contributed by atoms with Gasteiger partial charge in [0.1, 0.15) is 0 Å². The van der Waals surface area contributed by atoms with Crippen molar-refractivity contribution in [2.24, 2.45) is 0 Å². The average molecular weight is 262 g/mol. The first-order valence-corrected chi connectivity index (χ1v) is 8.20. The van der Waals surface area contributed by atoms with E-state index in [1.54, 1.807) is 18.2 Å². The van der Waals surface area contributed by atoms with Gasteiger partial charge in [0.2, 0.25) is 10.0 Å². The normalized spacial score (nSPS) is 20.0. The van der Waals surface area contributed by atoms with Crippen LogP contribution in [0.4, 0.5) is 0 Å². The van der Waals surface area contributed by atoms with E-state index < -0.39 is 10.0 Å². The molecule has 0 amide bonds. The molecule has 0 radical (unpaired) electrons. The lowest BCUT2D eigenvalue weighted by Crippen LogP contribution is -2.50. The lowest BCUT2D eigenvalue weighted by Gasteiger charge is -2.34. The third-order valence-electron chi connectivity index (χ3n) is 3.36. The van der Waals surface area contributed by atoms with E-state index in [9.17, 15) is 8.42 Å². The summed E-state index contributed by atoms with van der Waals surface area (Å²) < 4.78 is 25.6. The highest BCUT2D eigenvalue weighted by Gasteiger charge is 2.28. The molecule has 0 aromatic rings. The zero-order chi connectivity index (χ0) is 12.9. The first-order chi connectivity index (χ1) is 7.98. The van der Waals surface area contributed by atoms with Crippen LogP contribution in [0.5, 0.6) is 0 Å². The van der Waals surface area contributed by atoms with Gasteiger partial charge in [-0.1, -0.05) is 19.8 Å². The van der Waals surface area contributed by atoms with E-state index in [1.165, 1.54) is 19.3 Å². The van der Waals surface area contributed by atoms with Gasteiger partial charge in [0.25, 0.3) is 0 Å². The van der Waals surface area contributed by atoms with Crippen LogP contribution in [0.15, 0.2) is 0 Å². The molecule has 0 N–H and O–H groups in total. The molecule has 0 aromatic heterocycles. The van der Waals surface area contributed by atoms with Crippen molar-refractivity contribution in [1.29, 1.82) is 0 Å². The first-order valence-electron chi connectivity index (χ1n) is 6.69. The minimum atomic E-state index is -3.04. The van der Waals surface area contributed by atoms with Gasteiger partial charge >= 0.3 is 0 Å². The molecule has 0 unspecified atom stereocenters. The van der Waals surface area contributed by atoms with Crippen molar-refractivity contribution in [3.05, 3.63) is 0 Å². The zero-order valence-electron chi connectivity index (χ0n) is 11.4. The molecular weight excluding hydrogens is 236 g/mol. The van der Waals surface area contributed by atoms with Crippen molar-refractivity contribution >= 4 is 10.0 Å². The maximum absolute atomic E-state index is 12.0. The number of nitrogens with zero attached hydrogens (tertiary/aromatic N) is 2. The molecule has 1 heterocycles. The second kappa shape index (κ2) is 6.71. The Balaban J connectivity index is 2.36. The zero-order valence-corrected chi connectivity index (χ0v) is 12.2. The van der Waals surface area contributed by atoms with E-state index >= 15 is 0 Å². The number of hydrogen-bond acceptors (Lipinski definition) is 3. The second-order valence-electron chi connectivity index (χ2n) is 5.04. The van der Waals surface area contributed by atoms with Crippen molar-refractivity contribution in [3.8, 4) is 0 Å². The van der Waals surface area contributed by atoms with Crippen LogP contribution in [0, 0.1) is 0 Å². The molecule has 1 aliphatic rings. The van der Waals surface area contributed by atoms with Gasteiger partial charge in [-0.05, 0) is 26.8 Å². The van der Waals surface area contributed by atoms with Gasteiger partial charge in [-0.3, -0.25) is 0 Å². The first kappa shape index (κ1) is 14.9. The van der Waals surface area contributed by atoms with Crippen LogP contribution < -0.4 is 0 Å². The Kier molecular flexibility index (Phi) is 5.89. The monoisotopic (exact) mass is 262 g/mol. The van der Waals surface area contributed by atoms with Crippen molar-refractivity contribution < 1.29 is 8.42 Å². The second-order valence-corrected chi connectivity index (χ2v) is 7.53. The number of sulfonamides is 1. The van der Waals surface area contributed by atoms with Crippen molar-refractivity contribution in [3.63, 3.8) is 0 Å². The predicted molar refractivity (Wildman–Crippen MR) is 71.6 cm³/mol. The highest BCUT2D eigenvalue weighted by atomic mass is 32.2. The molecule has 0 bridgehead atoms. The highest BCUT2D eigenvalue weighted by Crippen LogP contribution is 2.12. The summed E-state index contributed by atoms with van der Waals surface area (Å²) in [5.74, 6) is 0. The Morgan fingerprint density at radius 1 is 1.06 bits per heavy atom. The Morgan fingerprint density at radius 3 is 2.12 bits per heavy atom. The predicted octanol–water partition coefficient (Wildman–Crippen LogP) is 1.53. The van der Waals surface area contributed by atoms with E-state index in [4.69, 9.17) is 0 Å². The molecule has 0 atom stereocenters. The molecule has 1 rings (SSSR count). The number of rotatable bonds is 6. The summed E-state index contributed by atoms with van der Waals surface area (Å²) in [6, 6.07) is 0. The fourth-order valence-corrected chi connectivity index (χ4v) is 3.36. The standard InChI is InChI=1S/C12H26N2O2S/c1-4-5-6-7-13-8-10-14(11-9-13)17(15,16)12(2)3/h12H,4-11H2,1-3H3. The van der Waals surface area contributed by atoms with Gasteiger partial charge < -0.3 is 4.90 Å². The van der Waals surface area contributed by atoms with Gasteiger partial charge in [0.05, 0.1) is 5.25 Å². The minimum absolute atomic E-state index is 0.297. The van der Waals surface area contributed by atoms with Gasteiger partial charge in [0, 0.05) is 26.2 Å². The molecule has 0 spiro atoms. The molecule has 1 fully saturated rings. The highest BCUT2D eigenvalue weighted by molar-refractivity contribution is 7.89. The fraction of sp³-hybridized carbons (Fsp3) is 1.00. The lowest BCUT2D eigenvalue weighted by atomic mass is 10.2. The molecule has 0 aromatic carbocycles. The quantitative estimate of drug-likeness (QED) is 0.682. The third kappa shape index (κ3) is 4.23. The van der Waals surface area contributed by atoms with Crippen LogP contribution >= 0.6 is 0 Å². The molecule has 1 saturated heterocycles. The topological polar surface area (TPSA) is 40.6 Å².